The second-order valence-corrected chi connectivity index (χ2v) is 5.17. The molecule has 0 aliphatic carbocycles. The molecular weight excluding hydrogens is 224 g/mol. The van der Waals surface area contributed by atoms with Crippen LogP contribution in [0.4, 0.5) is 8.78 Å². The normalized spacial score (nSPS) is 35.5. The maximum absolute atomic E-state index is 13.6. The number of hydrogen-bond acceptors (Lipinski definition) is 2. The van der Waals surface area contributed by atoms with Gasteiger partial charge in [0, 0.05) is 5.54 Å². The highest BCUT2D eigenvalue weighted by Gasteiger charge is 2.50. The molecule has 0 aromatic heterocycles. The van der Waals surface area contributed by atoms with Crippen molar-refractivity contribution in [3.8, 4) is 0 Å². The van der Waals surface area contributed by atoms with E-state index >= 15 is 0 Å². The van der Waals surface area contributed by atoms with Crippen molar-refractivity contribution < 1.29 is 13.5 Å². The molecule has 1 aromatic carbocycles. The van der Waals surface area contributed by atoms with Crippen LogP contribution in [-0.2, 0) is 11.2 Å². The van der Waals surface area contributed by atoms with Crippen molar-refractivity contribution in [2.45, 2.75) is 43.4 Å². The Kier molecular flexibility index (Phi) is 2.45. The van der Waals surface area contributed by atoms with Gasteiger partial charge in [-0.3, -0.25) is 0 Å². The molecule has 2 nitrogen and oxygen atoms in total. The van der Waals surface area contributed by atoms with Crippen LogP contribution in [0.25, 0.3) is 0 Å². The molecule has 0 saturated carbocycles. The lowest BCUT2D eigenvalue weighted by Gasteiger charge is -2.31. The van der Waals surface area contributed by atoms with Gasteiger partial charge in [-0.1, -0.05) is 0 Å². The molecule has 3 rings (SSSR count). The highest BCUT2D eigenvalue weighted by molar-refractivity contribution is 5.23. The summed E-state index contributed by atoms with van der Waals surface area (Å²) in [6.45, 7) is 0. The van der Waals surface area contributed by atoms with Gasteiger partial charge in [0.15, 0.2) is 0 Å². The molecule has 92 valence electrons. The van der Waals surface area contributed by atoms with Crippen LogP contribution >= 0.6 is 0 Å². The Bertz CT molecular complexity index is 451. The fraction of sp³-hybridized carbons (Fsp3) is 0.538. The third-order valence-corrected chi connectivity index (χ3v) is 3.88. The first-order chi connectivity index (χ1) is 8.07. The van der Waals surface area contributed by atoms with Gasteiger partial charge in [-0.15, -0.1) is 0 Å². The van der Waals surface area contributed by atoms with Gasteiger partial charge in [0.05, 0.1) is 12.2 Å². The molecule has 2 N–H and O–H groups in total. The van der Waals surface area contributed by atoms with Gasteiger partial charge in [0.25, 0.3) is 0 Å². The van der Waals surface area contributed by atoms with E-state index in [0.717, 1.165) is 31.4 Å². The van der Waals surface area contributed by atoms with E-state index in [1.165, 1.54) is 6.07 Å². The minimum Gasteiger partial charge on any atom is -0.373 e. The summed E-state index contributed by atoms with van der Waals surface area (Å²) in [5, 5.41) is 0. The number of halogens is 2. The molecule has 2 aliphatic rings. The molecule has 1 aromatic rings. The predicted molar refractivity (Wildman–Crippen MR) is 59.5 cm³/mol. The molecule has 2 fully saturated rings. The Balaban J connectivity index is 1.85. The lowest BCUT2D eigenvalue weighted by Crippen LogP contribution is -2.50. The smallest absolute Gasteiger partial charge is 0.126 e. The van der Waals surface area contributed by atoms with Crippen LogP contribution in [0.3, 0.4) is 0 Å². The molecule has 0 radical (unpaired) electrons. The Morgan fingerprint density at radius 2 is 2.18 bits per heavy atom. The number of fused-ring (bicyclic) bond motifs is 2. The average molecular weight is 239 g/mol. The summed E-state index contributed by atoms with van der Waals surface area (Å²) in [5.74, 6) is -0.812. The van der Waals surface area contributed by atoms with E-state index in [1.807, 2.05) is 0 Å². The lowest BCUT2D eigenvalue weighted by atomic mass is 9.78. The Hall–Kier alpha value is -1.00. The van der Waals surface area contributed by atoms with Crippen LogP contribution in [0.5, 0.6) is 0 Å². The number of hydrogen-bond donors (Lipinski definition) is 1. The van der Waals surface area contributed by atoms with E-state index < -0.39 is 11.4 Å². The van der Waals surface area contributed by atoms with E-state index in [1.54, 1.807) is 0 Å². The Morgan fingerprint density at radius 1 is 1.35 bits per heavy atom. The van der Waals surface area contributed by atoms with Gasteiger partial charge in [0.2, 0.25) is 0 Å². The molecule has 17 heavy (non-hydrogen) atoms. The van der Waals surface area contributed by atoms with Crippen LogP contribution in [0.1, 0.15) is 24.8 Å². The highest BCUT2D eigenvalue weighted by atomic mass is 19.1. The first-order valence-electron chi connectivity index (χ1n) is 5.95. The highest BCUT2D eigenvalue weighted by Crippen LogP contribution is 2.42. The van der Waals surface area contributed by atoms with E-state index in [9.17, 15) is 8.78 Å². The fourth-order valence-electron chi connectivity index (χ4n) is 3.05. The zero-order valence-corrected chi connectivity index (χ0v) is 9.46. The van der Waals surface area contributed by atoms with Crippen LogP contribution in [0.15, 0.2) is 18.2 Å². The maximum atomic E-state index is 13.6. The standard InChI is InChI=1S/C13H15F2NO/c14-9-1-3-11(15)8(5-9)6-13(16)7-10-2-4-12(13)17-10/h1,3,5,10,12H,2,4,6-7,16H2. The summed E-state index contributed by atoms with van der Waals surface area (Å²) in [5.41, 5.74) is 6.10. The minimum absolute atomic E-state index is 0.00447. The van der Waals surface area contributed by atoms with E-state index in [0.29, 0.717) is 12.0 Å². The SMILES string of the molecule is NC1(Cc2cc(F)ccc2F)CC2CCC1O2. The van der Waals surface area contributed by atoms with Crippen molar-refractivity contribution in [1.29, 1.82) is 0 Å². The van der Waals surface area contributed by atoms with Crippen LogP contribution in [-0.4, -0.2) is 17.7 Å². The second-order valence-electron chi connectivity index (χ2n) is 5.17. The number of ether oxygens (including phenoxy) is 1. The molecular formula is C13H15F2NO. The molecule has 2 bridgehead atoms. The minimum atomic E-state index is -0.530. The summed E-state index contributed by atoms with van der Waals surface area (Å²) in [4.78, 5) is 0. The van der Waals surface area contributed by atoms with Crippen molar-refractivity contribution in [2.24, 2.45) is 5.73 Å². The van der Waals surface area contributed by atoms with E-state index in [-0.39, 0.29) is 18.0 Å². The van der Waals surface area contributed by atoms with Gasteiger partial charge in [-0.25, -0.2) is 8.78 Å². The van der Waals surface area contributed by atoms with E-state index in [4.69, 9.17) is 10.5 Å². The molecule has 0 amide bonds. The average Bonchev–Trinajstić information content (AvgIpc) is 2.83. The Morgan fingerprint density at radius 3 is 2.82 bits per heavy atom. The first-order valence-corrected chi connectivity index (χ1v) is 5.95. The lowest BCUT2D eigenvalue weighted by molar-refractivity contribution is 0.0855. The van der Waals surface area contributed by atoms with Gasteiger partial charge >= 0.3 is 0 Å². The summed E-state index contributed by atoms with van der Waals surface area (Å²) in [6.07, 6.45) is 3.26. The van der Waals surface area contributed by atoms with Gasteiger partial charge < -0.3 is 10.5 Å². The molecule has 3 atom stereocenters. The fourth-order valence-corrected chi connectivity index (χ4v) is 3.05. The molecule has 3 unspecified atom stereocenters. The molecule has 0 spiro atoms. The second kappa shape index (κ2) is 3.75. The van der Waals surface area contributed by atoms with Crippen molar-refractivity contribution >= 4 is 0 Å². The zero-order chi connectivity index (χ0) is 12.0. The summed E-state index contributed by atoms with van der Waals surface area (Å²) in [6, 6.07) is 3.51. The van der Waals surface area contributed by atoms with Gasteiger partial charge in [-0.2, -0.15) is 0 Å². The predicted octanol–water partition coefficient (Wildman–Crippen LogP) is 2.16. The third-order valence-electron chi connectivity index (χ3n) is 3.88. The summed E-state index contributed by atoms with van der Waals surface area (Å²) >= 11 is 0. The molecule has 2 saturated heterocycles. The van der Waals surface area contributed by atoms with Crippen molar-refractivity contribution in [1.82, 2.24) is 0 Å². The zero-order valence-electron chi connectivity index (χ0n) is 9.46. The van der Waals surface area contributed by atoms with Gasteiger partial charge in [-0.05, 0) is 49.4 Å². The monoisotopic (exact) mass is 239 g/mol. The van der Waals surface area contributed by atoms with Crippen LogP contribution in [0.2, 0.25) is 0 Å². The van der Waals surface area contributed by atoms with Crippen LogP contribution in [0, 0.1) is 11.6 Å². The number of benzene rings is 1. The first kappa shape index (κ1) is 11.1. The largest absolute Gasteiger partial charge is 0.373 e. The topological polar surface area (TPSA) is 35.2 Å². The quantitative estimate of drug-likeness (QED) is 0.858. The molecule has 2 aliphatic heterocycles. The molecule has 4 heteroatoms. The third kappa shape index (κ3) is 1.85. The van der Waals surface area contributed by atoms with Crippen LogP contribution < -0.4 is 5.73 Å². The summed E-state index contributed by atoms with van der Waals surface area (Å²) in [7, 11) is 0. The van der Waals surface area contributed by atoms with Gasteiger partial charge in [0.1, 0.15) is 11.6 Å². The summed E-state index contributed by atoms with van der Waals surface area (Å²) < 4.78 is 32.4. The molecule has 2 heterocycles. The van der Waals surface area contributed by atoms with Crippen molar-refractivity contribution in [3.05, 3.63) is 35.4 Å². The Labute approximate surface area is 98.8 Å². The maximum Gasteiger partial charge on any atom is 0.126 e. The van der Waals surface area contributed by atoms with Crippen molar-refractivity contribution in [2.75, 3.05) is 0 Å². The van der Waals surface area contributed by atoms with E-state index in [2.05, 4.69) is 0 Å². The van der Waals surface area contributed by atoms with Crippen molar-refractivity contribution in [3.63, 3.8) is 0 Å². The number of nitrogens with two attached hydrogens (primary N) is 1. The number of rotatable bonds is 2.